The van der Waals surface area contributed by atoms with Crippen LogP contribution in [0, 0.1) is 0 Å². The quantitative estimate of drug-likeness (QED) is 0.903. The minimum atomic E-state index is -0.331. The molecule has 1 aliphatic rings. The average Bonchev–Trinajstić information content (AvgIpc) is 2.46. The van der Waals surface area contributed by atoms with Gasteiger partial charge in [-0.1, -0.05) is 19.1 Å². The van der Waals surface area contributed by atoms with E-state index < -0.39 is 0 Å². The highest BCUT2D eigenvalue weighted by molar-refractivity contribution is 5.48. The molecule has 2 rings (SSSR count). The minimum Gasteiger partial charge on any atom is -0.388 e. The van der Waals surface area contributed by atoms with Crippen molar-refractivity contribution in [1.29, 1.82) is 0 Å². The van der Waals surface area contributed by atoms with E-state index in [1.165, 1.54) is 31.6 Å². The summed E-state index contributed by atoms with van der Waals surface area (Å²) in [6, 6.07) is 9.00. The highest BCUT2D eigenvalue weighted by Crippen LogP contribution is 2.24. The van der Waals surface area contributed by atoms with Crippen molar-refractivity contribution in [3.8, 4) is 0 Å². The van der Waals surface area contributed by atoms with E-state index >= 15 is 0 Å². The Hall–Kier alpha value is -1.06. The summed E-state index contributed by atoms with van der Waals surface area (Å²) < 4.78 is 0. The molecule has 1 heterocycles. The van der Waals surface area contributed by atoms with Crippen molar-refractivity contribution in [1.82, 2.24) is 4.90 Å². The van der Waals surface area contributed by atoms with Gasteiger partial charge in [-0.25, -0.2) is 0 Å². The van der Waals surface area contributed by atoms with E-state index in [0.717, 1.165) is 12.0 Å². The Bertz CT molecular complexity index is 382. The normalized spacial score (nSPS) is 19.4. The first-order chi connectivity index (χ1) is 9.11. The zero-order valence-corrected chi connectivity index (χ0v) is 12.3. The van der Waals surface area contributed by atoms with Crippen LogP contribution in [-0.4, -0.2) is 43.2 Å². The van der Waals surface area contributed by atoms with Crippen molar-refractivity contribution < 1.29 is 5.11 Å². The predicted molar refractivity (Wildman–Crippen MR) is 80.6 cm³/mol. The third-order valence-corrected chi connectivity index (χ3v) is 4.31. The molecule has 0 spiro atoms. The Morgan fingerprint density at radius 1 is 1.26 bits per heavy atom. The van der Waals surface area contributed by atoms with Crippen LogP contribution < -0.4 is 4.90 Å². The van der Waals surface area contributed by atoms with Gasteiger partial charge in [0.15, 0.2) is 0 Å². The van der Waals surface area contributed by atoms with Gasteiger partial charge in [0.1, 0.15) is 0 Å². The second-order valence-corrected chi connectivity index (χ2v) is 5.66. The molecule has 0 bridgehead atoms. The molecule has 0 amide bonds. The van der Waals surface area contributed by atoms with E-state index in [9.17, 15) is 5.11 Å². The summed E-state index contributed by atoms with van der Waals surface area (Å²) in [6.07, 6.45) is 2.89. The van der Waals surface area contributed by atoms with E-state index in [4.69, 9.17) is 0 Å². The summed E-state index contributed by atoms with van der Waals surface area (Å²) in [5.41, 5.74) is 2.27. The summed E-state index contributed by atoms with van der Waals surface area (Å²) in [7, 11) is 4.37. The fraction of sp³-hybridized carbons (Fsp3) is 0.625. The number of benzene rings is 1. The van der Waals surface area contributed by atoms with E-state index in [0.29, 0.717) is 6.04 Å². The van der Waals surface area contributed by atoms with E-state index in [2.05, 4.69) is 48.2 Å². The van der Waals surface area contributed by atoms with Crippen molar-refractivity contribution in [2.24, 2.45) is 0 Å². The molecule has 0 unspecified atom stereocenters. The van der Waals surface area contributed by atoms with Crippen molar-refractivity contribution in [2.75, 3.05) is 32.1 Å². The number of nitrogens with zero attached hydrogens (tertiary/aromatic N) is 2. The maximum Gasteiger partial charge on any atom is 0.0787 e. The zero-order chi connectivity index (χ0) is 13.8. The Labute approximate surface area is 116 Å². The van der Waals surface area contributed by atoms with Crippen molar-refractivity contribution in [3.05, 3.63) is 29.8 Å². The fourth-order valence-electron chi connectivity index (χ4n) is 2.76. The van der Waals surface area contributed by atoms with Gasteiger partial charge in [-0.05, 0) is 57.1 Å². The maximum absolute atomic E-state index is 9.82. The van der Waals surface area contributed by atoms with E-state index in [-0.39, 0.29) is 6.10 Å². The third-order valence-electron chi connectivity index (χ3n) is 4.31. The number of piperidine rings is 1. The van der Waals surface area contributed by atoms with Crippen LogP contribution in [0.1, 0.15) is 37.9 Å². The van der Waals surface area contributed by atoms with Crippen LogP contribution in [0.2, 0.25) is 0 Å². The molecule has 0 aliphatic carbocycles. The van der Waals surface area contributed by atoms with Gasteiger partial charge >= 0.3 is 0 Å². The molecule has 3 heteroatoms. The van der Waals surface area contributed by atoms with Gasteiger partial charge in [0, 0.05) is 18.8 Å². The first-order valence-electron chi connectivity index (χ1n) is 7.31. The molecule has 1 fully saturated rings. The summed E-state index contributed by atoms with van der Waals surface area (Å²) in [6.45, 7) is 4.37. The van der Waals surface area contributed by atoms with Crippen LogP contribution in [0.15, 0.2) is 24.3 Å². The number of anilines is 1. The zero-order valence-electron chi connectivity index (χ0n) is 12.3. The lowest BCUT2D eigenvalue weighted by atomic mass is 10.0. The van der Waals surface area contributed by atoms with Gasteiger partial charge in [-0.15, -0.1) is 0 Å². The lowest BCUT2D eigenvalue weighted by Crippen LogP contribution is -2.41. The van der Waals surface area contributed by atoms with E-state index in [1.807, 2.05) is 6.92 Å². The van der Waals surface area contributed by atoms with Crippen LogP contribution in [0.3, 0.4) is 0 Å². The molecule has 1 N–H and O–H groups in total. The molecule has 0 radical (unpaired) electrons. The molecule has 1 aromatic rings. The van der Waals surface area contributed by atoms with Gasteiger partial charge in [0.2, 0.25) is 0 Å². The molecule has 1 aromatic carbocycles. The molecular formula is C16H26N2O. The lowest BCUT2D eigenvalue weighted by Gasteiger charge is -2.36. The molecule has 3 nitrogen and oxygen atoms in total. The third kappa shape index (κ3) is 3.48. The van der Waals surface area contributed by atoms with Gasteiger partial charge in [-0.3, -0.25) is 0 Å². The molecule has 1 aliphatic heterocycles. The summed E-state index contributed by atoms with van der Waals surface area (Å²) in [4.78, 5) is 4.78. The lowest BCUT2D eigenvalue weighted by molar-refractivity contribution is 0.173. The summed E-state index contributed by atoms with van der Waals surface area (Å²) >= 11 is 0. The largest absolute Gasteiger partial charge is 0.388 e. The number of rotatable bonds is 4. The minimum absolute atomic E-state index is 0.331. The highest BCUT2D eigenvalue weighted by Gasteiger charge is 2.20. The molecule has 19 heavy (non-hydrogen) atoms. The van der Waals surface area contributed by atoms with Crippen molar-refractivity contribution in [2.45, 2.75) is 38.3 Å². The average molecular weight is 262 g/mol. The van der Waals surface area contributed by atoms with Crippen molar-refractivity contribution in [3.63, 3.8) is 0 Å². The molecule has 1 saturated heterocycles. The molecular weight excluding hydrogens is 236 g/mol. The number of hydrogen-bond acceptors (Lipinski definition) is 3. The SMILES string of the molecule is CC[C@H](O)c1ccc(N(C)C2CCN(C)CC2)cc1. The van der Waals surface area contributed by atoms with Crippen molar-refractivity contribution >= 4 is 5.69 Å². The van der Waals surface area contributed by atoms with Crippen LogP contribution in [0.4, 0.5) is 5.69 Å². The smallest absolute Gasteiger partial charge is 0.0787 e. The second-order valence-electron chi connectivity index (χ2n) is 5.66. The number of likely N-dealkylation sites (tertiary alicyclic amines) is 1. The van der Waals surface area contributed by atoms with Gasteiger partial charge in [0.05, 0.1) is 6.10 Å². The first kappa shape index (κ1) is 14.4. The Balaban J connectivity index is 2.01. The number of aliphatic hydroxyl groups is 1. The van der Waals surface area contributed by atoms with Gasteiger partial charge < -0.3 is 14.9 Å². The summed E-state index contributed by atoms with van der Waals surface area (Å²) in [5.74, 6) is 0. The van der Waals surface area contributed by atoms with Crippen LogP contribution in [0.5, 0.6) is 0 Å². The van der Waals surface area contributed by atoms with Crippen LogP contribution in [-0.2, 0) is 0 Å². The Kier molecular flexibility index (Phi) is 4.83. The fourth-order valence-corrected chi connectivity index (χ4v) is 2.76. The number of hydrogen-bond donors (Lipinski definition) is 1. The molecule has 106 valence electrons. The maximum atomic E-state index is 9.82. The Morgan fingerprint density at radius 2 is 1.84 bits per heavy atom. The number of aliphatic hydroxyl groups excluding tert-OH is 1. The predicted octanol–water partition coefficient (Wildman–Crippen LogP) is 2.66. The first-order valence-corrected chi connectivity index (χ1v) is 7.31. The van der Waals surface area contributed by atoms with Crippen LogP contribution >= 0.6 is 0 Å². The second kappa shape index (κ2) is 6.40. The van der Waals surface area contributed by atoms with E-state index in [1.54, 1.807) is 0 Å². The molecule has 0 aromatic heterocycles. The Morgan fingerprint density at radius 3 is 2.37 bits per heavy atom. The molecule has 0 saturated carbocycles. The summed E-state index contributed by atoms with van der Waals surface area (Å²) in [5, 5.41) is 9.82. The van der Waals surface area contributed by atoms with Crippen LogP contribution in [0.25, 0.3) is 0 Å². The monoisotopic (exact) mass is 262 g/mol. The topological polar surface area (TPSA) is 26.7 Å². The van der Waals surface area contributed by atoms with Gasteiger partial charge in [-0.2, -0.15) is 0 Å². The highest BCUT2D eigenvalue weighted by atomic mass is 16.3. The standard InChI is InChI=1S/C16H26N2O/c1-4-16(19)13-5-7-14(8-6-13)18(3)15-9-11-17(2)12-10-15/h5-8,15-16,19H,4,9-12H2,1-3H3/t16-/m0/s1. The van der Waals surface area contributed by atoms with Gasteiger partial charge in [0.25, 0.3) is 0 Å². The molecule has 1 atom stereocenters.